The van der Waals surface area contributed by atoms with E-state index in [0.717, 1.165) is 32.9 Å². The maximum atomic E-state index is 5.36. The Balaban J connectivity index is 1.25. The van der Waals surface area contributed by atoms with Crippen molar-refractivity contribution in [2.45, 2.75) is 19.3 Å². The Bertz CT molecular complexity index is 3330. The van der Waals surface area contributed by atoms with Gasteiger partial charge in [-0.15, -0.1) is 0 Å². The van der Waals surface area contributed by atoms with Crippen LogP contribution >= 0.6 is 0 Å². The number of hydrogen-bond acceptors (Lipinski definition) is 3. The van der Waals surface area contributed by atoms with Crippen LogP contribution < -0.4 is 0 Å². The summed E-state index contributed by atoms with van der Waals surface area (Å²) in [6.45, 7) is 4.74. The van der Waals surface area contributed by atoms with E-state index in [1.54, 1.807) is 0 Å². The van der Waals surface area contributed by atoms with Gasteiger partial charge in [0, 0.05) is 27.3 Å². The molecule has 0 N–H and O–H groups in total. The fourth-order valence-corrected chi connectivity index (χ4v) is 9.42. The minimum Gasteiger partial charge on any atom is -0.278 e. The molecule has 0 saturated heterocycles. The van der Waals surface area contributed by atoms with E-state index in [1.165, 1.54) is 65.0 Å². The molecule has 0 saturated carbocycles. The first kappa shape index (κ1) is 29.6. The quantitative estimate of drug-likeness (QED) is 0.186. The predicted molar refractivity (Wildman–Crippen MR) is 225 cm³/mol. The van der Waals surface area contributed by atoms with Gasteiger partial charge in [0.25, 0.3) is 0 Å². The second-order valence-electron chi connectivity index (χ2n) is 15.2. The molecule has 0 aliphatic heterocycles. The lowest BCUT2D eigenvalue weighted by Gasteiger charge is -2.22. The van der Waals surface area contributed by atoms with Crippen molar-refractivity contribution >= 4 is 75.7 Å². The van der Waals surface area contributed by atoms with Crippen LogP contribution in [0, 0.1) is 0 Å². The zero-order valence-corrected chi connectivity index (χ0v) is 29.8. The number of fused-ring (bicyclic) bond motifs is 5. The molecule has 0 atom stereocenters. The van der Waals surface area contributed by atoms with Crippen molar-refractivity contribution < 1.29 is 0 Å². The summed E-state index contributed by atoms with van der Waals surface area (Å²) in [6, 6.07) is 56.9. The molecule has 0 spiro atoms. The number of aromatic nitrogens is 4. The number of benzene rings is 8. The maximum Gasteiger partial charge on any atom is 0.238 e. The molecule has 2 aromatic heterocycles. The average Bonchev–Trinajstić information content (AvgIpc) is 3.68. The Morgan fingerprint density at radius 2 is 0.907 bits per heavy atom. The SMILES string of the molecule is CC1(C)c2cccc3c4ccccc4c4cccc5c4c4c(c1ccc4n5-c1nc(-c4ccc5ccccc5c4)nc(-c4ccc5ccccc5c4)n1)c23. The van der Waals surface area contributed by atoms with Crippen LogP contribution in [0.4, 0.5) is 0 Å². The number of hydrogen-bond donors (Lipinski definition) is 0. The summed E-state index contributed by atoms with van der Waals surface area (Å²) in [6.07, 6.45) is 0. The number of rotatable bonds is 3. The van der Waals surface area contributed by atoms with Gasteiger partial charge >= 0.3 is 0 Å². The Labute approximate surface area is 311 Å². The topological polar surface area (TPSA) is 43.6 Å². The molecule has 54 heavy (non-hydrogen) atoms. The fraction of sp³-hybridized carbons (Fsp3) is 0.0600. The normalized spacial score (nSPS) is 13.5. The lowest BCUT2D eigenvalue weighted by molar-refractivity contribution is 0.663. The van der Waals surface area contributed by atoms with Crippen molar-refractivity contribution in [3.8, 4) is 28.7 Å². The van der Waals surface area contributed by atoms with E-state index < -0.39 is 0 Å². The maximum absolute atomic E-state index is 5.36. The van der Waals surface area contributed by atoms with Crippen molar-refractivity contribution in [2.75, 3.05) is 0 Å². The van der Waals surface area contributed by atoms with Crippen LogP contribution in [0.5, 0.6) is 0 Å². The van der Waals surface area contributed by atoms with E-state index in [4.69, 9.17) is 15.0 Å². The summed E-state index contributed by atoms with van der Waals surface area (Å²) < 4.78 is 2.28. The molecule has 11 aromatic rings. The minimum absolute atomic E-state index is 0.156. The van der Waals surface area contributed by atoms with Crippen LogP contribution in [0.3, 0.4) is 0 Å². The average molecular weight is 689 g/mol. The van der Waals surface area contributed by atoms with Gasteiger partial charge in [-0.3, -0.25) is 4.57 Å². The van der Waals surface area contributed by atoms with E-state index in [2.05, 4.69) is 176 Å². The summed E-state index contributed by atoms with van der Waals surface area (Å²) in [5.74, 6) is 1.89. The van der Waals surface area contributed by atoms with Gasteiger partial charge in [-0.25, -0.2) is 4.98 Å². The van der Waals surface area contributed by atoms with Crippen molar-refractivity contribution in [1.29, 1.82) is 0 Å². The predicted octanol–water partition coefficient (Wildman–Crippen LogP) is 12.7. The summed E-state index contributed by atoms with van der Waals surface area (Å²) in [7, 11) is 0. The molecule has 12 rings (SSSR count). The van der Waals surface area contributed by atoms with Crippen LogP contribution in [0.15, 0.2) is 158 Å². The highest BCUT2D eigenvalue weighted by atomic mass is 15.2. The molecule has 9 aromatic carbocycles. The lowest BCUT2D eigenvalue weighted by atomic mass is 9.81. The standard InChI is InChI=1S/C50H32N4/c1-50(2)39-19-9-17-37-35-15-7-8-16-36(35)38-18-10-20-41-44(38)46-42(26-25-40(50)45(46)43(37)39)54(41)49-52-47(33-23-21-29-11-3-5-13-31(29)27-33)51-48(53-49)34-24-22-30-12-4-6-14-32(30)28-34/h3-28H,1-2H3. The molecule has 2 heterocycles. The molecule has 0 unspecified atom stereocenters. The second-order valence-corrected chi connectivity index (χ2v) is 15.2. The largest absolute Gasteiger partial charge is 0.278 e. The molecule has 0 fully saturated rings. The summed E-state index contributed by atoms with van der Waals surface area (Å²) >= 11 is 0. The molecule has 4 heteroatoms. The second kappa shape index (κ2) is 10.6. The lowest BCUT2D eigenvalue weighted by Crippen LogP contribution is -2.15. The van der Waals surface area contributed by atoms with Gasteiger partial charge in [0.1, 0.15) is 0 Å². The summed E-state index contributed by atoms with van der Waals surface area (Å²) in [5.41, 5.74) is 6.65. The van der Waals surface area contributed by atoms with Crippen LogP contribution in [0.1, 0.15) is 25.0 Å². The van der Waals surface area contributed by atoms with E-state index in [9.17, 15) is 0 Å². The zero-order valence-electron chi connectivity index (χ0n) is 29.8. The Kier molecular flexibility index (Phi) is 5.81. The van der Waals surface area contributed by atoms with Crippen LogP contribution in [-0.2, 0) is 5.41 Å². The van der Waals surface area contributed by atoms with E-state index in [-0.39, 0.29) is 5.41 Å². The van der Waals surface area contributed by atoms with Gasteiger partial charge in [0.05, 0.1) is 11.0 Å². The molecular weight excluding hydrogens is 657 g/mol. The third-order valence-corrected chi connectivity index (χ3v) is 12.0. The van der Waals surface area contributed by atoms with Gasteiger partial charge in [-0.2, -0.15) is 9.97 Å². The molecule has 1 aliphatic carbocycles. The molecule has 0 bridgehead atoms. The zero-order chi connectivity index (χ0) is 35.7. The first-order chi connectivity index (χ1) is 26.5. The highest BCUT2D eigenvalue weighted by molar-refractivity contribution is 6.35. The molecular formula is C50H32N4. The highest BCUT2D eigenvalue weighted by Gasteiger charge is 2.35. The Morgan fingerprint density at radius 1 is 0.389 bits per heavy atom. The third-order valence-electron chi connectivity index (χ3n) is 12.0. The van der Waals surface area contributed by atoms with Gasteiger partial charge in [-0.1, -0.05) is 147 Å². The van der Waals surface area contributed by atoms with Crippen molar-refractivity contribution in [2.24, 2.45) is 0 Å². The minimum atomic E-state index is -0.156. The first-order valence-corrected chi connectivity index (χ1v) is 18.6. The Hall–Kier alpha value is -6.91. The van der Waals surface area contributed by atoms with Crippen molar-refractivity contribution in [3.63, 3.8) is 0 Å². The van der Waals surface area contributed by atoms with Crippen LogP contribution in [0.2, 0.25) is 0 Å². The summed E-state index contributed by atoms with van der Waals surface area (Å²) in [5, 5.41) is 14.8. The molecule has 252 valence electrons. The van der Waals surface area contributed by atoms with E-state index in [1.807, 2.05) is 0 Å². The van der Waals surface area contributed by atoms with Crippen LogP contribution in [-0.4, -0.2) is 19.5 Å². The number of nitrogens with zero attached hydrogens (tertiary/aromatic N) is 4. The first-order valence-electron chi connectivity index (χ1n) is 18.6. The monoisotopic (exact) mass is 688 g/mol. The smallest absolute Gasteiger partial charge is 0.238 e. The van der Waals surface area contributed by atoms with Gasteiger partial charge in [0.2, 0.25) is 5.95 Å². The van der Waals surface area contributed by atoms with Gasteiger partial charge in [0.15, 0.2) is 11.6 Å². The molecule has 0 amide bonds. The van der Waals surface area contributed by atoms with Crippen LogP contribution in [0.25, 0.3) is 104 Å². The highest BCUT2D eigenvalue weighted by Crippen LogP contribution is 2.53. The fourth-order valence-electron chi connectivity index (χ4n) is 9.42. The summed E-state index contributed by atoms with van der Waals surface area (Å²) in [4.78, 5) is 15.9. The van der Waals surface area contributed by atoms with Crippen molar-refractivity contribution in [1.82, 2.24) is 19.5 Å². The van der Waals surface area contributed by atoms with E-state index >= 15 is 0 Å². The van der Waals surface area contributed by atoms with Crippen molar-refractivity contribution in [3.05, 3.63) is 169 Å². The molecule has 0 radical (unpaired) electrons. The van der Waals surface area contributed by atoms with Gasteiger partial charge < -0.3 is 0 Å². The van der Waals surface area contributed by atoms with Gasteiger partial charge in [-0.05, 0) is 89.3 Å². The third kappa shape index (κ3) is 3.94. The molecule has 4 nitrogen and oxygen atoms in total. The Morgan fingerprint density at radius 3 is 1.56 bits per heavy atom. The molecule has 1 aliphatic rings. The van der Waals surface area contributed by atoms with E-state index in [0.29, 0.717) is 17.6 Å².